The Kier molecular flexibility index (Phi) is 8.39. The summed E-state index contributed by atoms with van der Waals surface area (Å²) in [5.74, 6) is -0.891. The van der Waals surface area contributed by atoms with Crippen LogP contribution in [0, 0.1) is 51.2 Å². The number of carboxylic acids is 1. The van der Waals surface area contributed by atoms with Crippen LogP contribution >= 0.6 is 0 Å². The Morgan fingerprint density at radius 3 is 2.32 bits per heavy atom. The van der Waals surface area contributed by atoms with E-state index in [0.29, 0.717) is 25.2 Å². The maximum Gasteiger partial charge on any atom is 0.306 e. The maximum absolute atomic E-state index is 12.6. The van der Waals surface area contributed by atoms with Crippen LogP contribution in [0.4, 0.5) is 0 Å². The minimum absolute atomic E-state index is 0.0785. The monoisotopic (exact) mass is 514 g/mol. The third kappa shape index (κ3) is 4.69. The summed E-state index contributed by atoms with van der Waals surface area (Å²) in [6.07, 6.45) is 8.60. The van der Waals surface area contributed by atoms with E-state index in [1.54, 1.807) is 0 Å². The Morgan fingerprint density at radius 1 is 1.16 bits per heavy atom. The highest BCUT2D eigenvalue weighted by Crippen LogP contribution is 2.70. The number of hydrogen-bond acceptors (Lipinski definition) is 3. The molecule has 0 aromatic heterocycles. The van der Waals surface area contributed by atoms with E-state index in [0.717, 1.165) is 31.3 Å². The first-order valence-electron chi connectivity index (χ1n) is 14.6. The van der Waals surface area contributed by atoms with Gasteiger partial charge in [0.1, 0.15) is 0 Å². The summed E-state index contributed by atoms with van der Waals surface area (Å²) in [5, 5.41) is 32.8. The quantitative estimate of drug-likeness (QED) is 0.280. The number of carboxylic acid groups (broad SMARTS) is 1. The van der Waals surface area contributed by atoms with Crippen LogP contribution in [0.1, 0.15) is 100 Å². The van der Waals surface area contributed by atoms with Gasteiger partial charge < -0.3 is 15.3 Å². The Hall–Kier alpha value is -1.39. The fourth-order valence-electron chi connectivity index (χ4n) is 9.12. The molecule has 3 N–H and O–H groups in total. The molecule has 0 radical (unpaired) electrons. The second-order valence-electron chi connectivity index (χ2n) is 14.4. The van der Waals surface area contributed by atoms with Crippen molar-refractivity contribution in [2.75, 3.05) is 0 Å². The number of fused-ring (bicyclic) bond motifs is 1. The van der Waals surface area contributed by atoms with Crippen LogP contribution in [-0.4, -0.2) is 33.5 Å². The molecule has 3 aliphatic carbocycles. The van der Waals surface area contributed by atoms with E-state index in [1.165, 1.54) is 5.57 Å². The summed E-state index contributed by atoms with van der Waals surface area (Å²) in [6.45, 7) is 26.0. The molecule has 2 fully saturated rings. The molecule has 0 aromatic carbocycles. The highest BCUT2D eigenvalue weighted by Gasteiger charge is 2.66. The molecule has 0 bridgehead atoms. The first-order valence-corrected chi connectivity index (χ1v) is 14.6. The highest BCUT2D eigenvalue weighted by atomic mass is 16.4. The molecule has 37 heavy (non-hydrogen) atoms. The van der Waals surface area contributed by atoms with E-state index in [1.807, 2.05) is 6.08 Å². The van der Waals surface area contributed by atoms with Gasteiger partial charge in [-0.2, -0.15) is 0 Å². The van der Waals surface area contributed by atoms with Gasteiger partial charge in [0.05, 0.1) is 18.1 Å². The number of rotatable bonds is 9. The molecule has 0 spiro atoms. The minimum Gasteiger partial charge on any atom is -0.481 e. The fourth-order valence-corrected chi connectivity index (χ4v) is 9.12. The Bertz CT molecular complexity index is 931. The van der Waals surface area contributed by atoms with Crippen molar-refractivity contribution in [3.63, 3.8) is 0 Å². The molecule has 3 aliphatic rings. The van der Waals surface area contributed by atoms with Gasteiger partial charge in [0, 0.05) is 5.92 Å². The highest BCUT2D eigenvalue weighted by molar-refractivity contribution is 5.71. The Labute approximate surface area is 226 Å². The van der Waals surface area contributed by atoms with Gasteiger partial charge in [-0.05, 0) is 84.4 Å². The first-order chi connectivity index (χ1) is 17.0. The van der Waals surface area contributed by atoms with Gasteiger partial charge in [-0.15, -0.1) is 6.58 Å². The lowest BCUT2D eigenvalue weighted by atomic mass is 9.45. The predicted molar refractivity (Wildman–Crippen MR) is 152 cm³/mol. The molecule has 3 rings (SSSR count). The topological polar surface area (TPSA) is 77.8 Å². The predicted octanol–water partition coefficient (Wildman–Crippen LogP) is 7.42. The van der Waals surface area contributed by atoms with Crippen LogP contribution < -0.4 is 0 Å². The number of carbonyl (C=O) groups is 1. The average Bonchev–Trinajstić information content (AvgIpc) is 3.01. The van der Waals surface area contributed by atoms with Crippen molar-refractivity contribution < 1.29 is 20.1 Å². The van der Waals surface area contributed by atoms with Crippen molar-refractivity contribution >= 4 is 5.97 Å². The van der Waals surface area contributed by atoms with Crippen molar-refractivity contribution in [1.29, 1.82) is 0 Å². The molecule has 210 valence electrons. The maximum atomic E-state index is 12.6. The van der Waals surface area contributed by atoms with Crippen LogP contribution in [-0.2, 0) is 4.79 Å². The van der Waals surface area contributed by atoms with E-state index >= 15 is 0 Å². The summed E-state index contributed by atoms with van der Waals surface area (Å²) in [7, 11) is 0. The van der Waals surface area contributed by atoms with Gasteiger partial charge in [-0.3, -0.25) is 4.79 Å². The largest absolute Gasteiger partial charge is 0.481 e. The van der Waals surface area contributed by atoms with Crippen molar-refractivity contribution in [1.82, 2.24) is 0 Å². The molecule has 0 amide bonds. The van der Waals surface area contributed by atoms with Crippen LogP contribution in [0.15, 0.2) is 36.5 Å². The van der Waals surface area contributed by atoms with E-state index < -0.39 is 18.0 Å². The lowest BCUT2D eigenvalue weighted by molar-refractivity contribution is -0.149. The summed E-state index contributed by atoms with van der Waals surface area (Å²) in [6, 6.07) is 0. The molecule has 0 aliphatic heterocycles. The van der Waals surface area contributed by atoms with Crippen molar-refractivity contribution in [2.24, 2.45) is 51.2 Å². The molecule has 0 saturated heterocycles. The van der Waals surface area contributed by atoms with Crippen molar-refractivity contribution in [2.45, 2.75) is 113 Å². The normalized spacial score (nSPS) is 42.1. The van der Waals surface area contributed by atoms with Crippen LogP contribution in [0.3, 0.4) is 0 Å². The van der Waals surface area contributed by atoms with Crippen molar-refractivity contribution in [3.05, 3.63) is 36.5 Å². The lowest BCUT2D eigenvalue weighted by Crippen LogP contribution is -2.54. The number of hydrogen-bond donors (Lipinski definition) is 3. The molecular formula is C33H54O4. The van der Waals surface area contributed by atoms with Crippen LogP contribution in [0.5, 0.6) is 0 Å². The zero-order valence-corrected chi connectivity index (χ0v) is 24.8. The summed E-state index contributed by atoms with van der Waals surface area (Å²) in [5.41, 5.74) is 1.68. The number of aliphatic hydroxyl groups is 2. The van der Waals surface area contributed by atoms with E-state index in [-0.39, 0.29) is 45.5 Å². The van der Waals surface area contributed by atoms with E-state index in [4.69, 9.17) is 0 Å². The first kappa shape index (κ1) is 30.2. The lowest BCUT2D eigenvalue weighted by Gasteiger charge is -2.60. The third-order valence-electron chi connectivity index (χ3n) is 12.1. The zero-order valence-electron chi connectivity index (χ0n) is 24.8. The third-order valence-corrected chi connectivity index (χ3v) is 12.1. The van der Waals surface area contributed by atoms with Gasteiger partial charge in [0.15, 0.2) is 0 Å². The number of aliphatic hydroxyl groups excluding tert-OH is 2. The van der Waals surface area contributed by atoms with Crippen molar-refractivity contribution in [3.8, 4) is 0 Å². The standard InChI is InChI=1S/C33H54O4/c1-11-12-26-30(6,7)27(35)16-17-31(26,8)24-15-18-32(9)28(25(34)19-33(32,10)22(24)5)23(29(36)37)14-13-21(4)20(2)3/h11,15,20,22-23,25-28,34-35H,1,4,12-14,16-19H2,2-3,5-10H3,(H,36,37)/t22-,23-,25-,26+,27?,28+,31-,32-,33+/m1/s1. The minimum atomic E-state index is -0.797. The molecule has 1 unspecified atom stereocenters. The Morgan fingerprint density at radius 2 is 1.78 bits per heavy atom. The molecule has 2 saturated carbocycles. The molecule has 9 atom stereocenters. The zero-order chi connectivity index (χ0) is 28.1. The molecule has 4 heteroatoms. The number of allylic oxidation sites excluding steroid dienone is 4. The van der Waals surface area contributed by atoms with E-state index in [9.17, 15) is 20.1 Å². The average molecular weight is 515 g/mol. The smallest absolute Gasteiger partial charge is 0.306 e. The molecule has 0 heterocycles. The van der Waals surface area contributed by atoms with Gasteiger partial charge >= 0.3 is 5.97 Å². The van der Waals surface area contributed by atoms with E-state index in [2.05, 4.69) is 74.6 Å². The number of aliphatic carboxylic acids is 1. The van der Waals surface area contributed by atoms with Gasteiger partial charge in [-0.25, -0.2) is 0 Å². The fraction of sp³-hybridized carbons (Fsp3) is 0.788. The second kappa shape index (κ2) is 10.3. The molecule has 4 nitrogen and oxygen atoms in total. The SMILES string of the molecule is C=CC[C@H]1C(C)(C)C(O)CC[C@]1(C)C1=CC[C@]2(C)[C@@H]([C@@H](CCC(=C)C(C)C)C(=O)O)[C@H](O)C[C@@]2(C)[C@@H]1C. The molecular weight excluding hydrogens is 460 g/mol. The van der Waals surface area contributed by atoms with Gasteiger partial charge in [0.2, 0.25) is 0 Å². The Balaban J connectivity index is 2.02. The van der Waals surface area contributed by atoms with Gasteiger partial charge in [-0.1, -0.05) is 85.3 Å². The second-order valence-corrected chi connectivity index (χ2v) is 14.4. The summed E-state index contributed by atoms with van der Waals surface area (Å²) >= 11 is 0. The van der Waals surface area contributed by atoms with Gasteiger partial charge in [0.25, 0.3) is 0 Å². The summed E-state index contributed by atoms with van der Waals surface area (Å²) in [4.78, 5) is 12.6. The van der Waals surface area contributed by atoms with Crippen LogP contribution in [0.2, 0.25) is 0 Å². The summed E-state index contributed by atoms with van der Waals surface area (Å²) < 4.78 is 0. The van der Waals surface area contributed by atoms with Crippen LogP contribution in [0.25, 0.3) is 0 Å². The molecule has 0 aromatic rings.